The van der Waals surface area contributed by atoms with Crippen LogP contribution >= 0.6 is 23.1 Å². The number of ether oxygens (including phenoxy) is 1. The largest absolute Gasteiger partial charge is 0.385 e. The van der Waals surface area contributed by atoms with Gasteiger partial charge < -0.3 is 15.4 Å². The summed E-state index contributed by atoms with van der Waals surface area (Å²) < 4.78 is 5.73. The second-order valence-electron chi connectivity index (χ2n) is 4.14. The van der Waals surface area contributed by atoms with Gasteiger partial charge in [-0.15, -0.1) is 10.2 Å². The molecule has 0 bridgehead atoms. The average Bonchev–Trinajstić information content (AvgIpc) is 2.90. The summed E-state index contributed by atoms with van der Waals surface area (Å²) in [5.74, 6) is 0.387. The Morgan fingerprint density at radius 2 is 2.20 bits per heavy atom. The highest BCUT2D eigenvalue weighted by Gasteiger charge is 2.07. The Labute approximate surface area is 128 Å². The SMILES string of the molecule is CCCCNc1nnc(SCC(=O)NCCCOC)s1. The number of amides is 1. The number of hydrogen-bond donors (Lipinski definition) is 2. The van der Waals surface area contributed by atoms with Crippen LogP contribution in [-0.4, -0.2) is 48.7 Å². The minimum absolute atomic E-state index is 0.0156. The smallest absolute Gasteiger partial charge is 0.230 e. The highest BCUT2D eigenvalue weighted by molar-refractivity contribution is 8.01. The van der Waals surface area contributed by atoms with E-state index >= 15 is 0 Å². The maximum Gasteiger partial charge on any atom is 0.230 e. The number of methoxy groups -OCH3 is 1. The fourth-order valence-electron chi connectivity index (χ4n) is 1.33. The van der Waals surface area contributed by atoms with Crippen molar-refractivity contribution in [2.45, 2.75) is 30.5 Å². The molecule has 0 fully saturated rings. The predicted octanol–water partition coefficient (Wildman–Crippen LogP) is 1.99. The van der Waals surface area contributed by atoms with Crippen LogP contribution in [0.1, 0.15) is 26.2 Å². The molecule has 0 unspecified atom stereocenters. The summed E-state index contributed by atoms with van der Waals surface area (Å²) in [6.45, 7) is 4.37. The number of carbonyl (C=O) groups is 1. The minimum atomic E-state index is 0.0156. The van der Waals surface area contributed by atoms with Crippen molar-refractivity contribution in [3.63, 3.8) is 0 Å². The number of nitrogens with one attached hydrogen (secondary N) is 2. The molecule has 1 aromatic heterocycles. The first-order chi connectivity index (χ1) is 9.76. The molecule has 2 N–H and O–H groups in total. The molecule has 0 saturated heterocycles. The van der Waals surface area contributed by atoms with Gasteiger partial charge in [0.1, 0.15) is 0 Å². The number of carbonyl (C=O) groups excluding carboxylic acids is 1. The van der Waals surface area contributed by atoms with E-state index < -0.39 is 0 Å². The molecule has 20 heavy (non-hydrogen) atoms. The topological polar surface area (TPSA) is 76.1 Å². The third-order valence-corrected chi connectivity index (χ3v) is 4.40. The lowest BCUT2D eigenvalue weighted by Crippen LogP contribution is -2.26. The van der Waals surface area contributed by atoms with E-state index in [1.54, 1.807) is 7.11 Å². The van der Waals surface area contributed by atoms with Crippen LogP contribution in [0.5, 0.6) is 0 Å². The van der Waals surface area contributed by atoms with Crippen molar-refractivity contribution in [1.82, 2.24) is 15.5 Å². The van der Waals surface area contributed by atoms with Crippen LogP contribution in [0.2, 0.25) is 0 Å². The maximum absolute atomic E-state index is 11.6. The lowest BCUT2D eigenvalue weighted by atomic mass is 10.3. The molecule has 1 amide bonds. The van der Waals surface area contributed by atoms with Crippen molar-refractivity contribution in [3.05, 3.63) is 0 Å². The number of anilines is 1. The van der Waals surface area contributed by atoms with Gasteiger partial charge in [0.15, 0.2) is 4.34 Å². The lowest BCUT2D eigenvalue weighted by molar-refractivity contribution is -0.118. The number of hydrogen-bond acceptors (Lipinski definition) is 7. The molecular weight excluding hydrogens is 296 g/mol. The zero-order valence-electron chi connectivity index (χ0n) is 12.0. The fourth-order valence-corrected chi connectivity index (χ4v) is 2.94. The molecule has 0 atom stereocenters. The molecular formula is C12H22N4O2S2. The zero-order chi connectivity index (χ0) is 14.6. The second-order valence-corrected chi connectivity index (χ2v) is 6.34. The number of rotatable bonds is 11. The molecule has 0 saturated carbocycles. The van der Waals surface area contributed by atoms with E-state index in [-0.39, 0.29) is 5.91 Å². The van der Waals surface area contributed by atoms with Crippen molar-refractivity contribution in [3.8, 4) is 0 Å². The van der Waals surface area contributed by atoms with Crippen molar-refractivity contribution in [1.29, 1.82) is 0 Å². The van der Waals surface area contributed by atoms with E-state index in [0.717, 1.165) is 35.3 Å². The van der Waals surface area contributed by atoms with E-state index in [1.165, 1.54) is 23.1 Å². The van der Waals surface area contributed by atoms with Crippen LogP contribution < -0.4 is 10.6 Å². The Kier molecular flexibility index (Phi) is 9.35. The summed E-state index contributed by atoms with van der Waals surface area (Å²) in [4.78, 5) is 11.6. The molecule has 8 heteroatoms. The van der Waals surface area contributed by atoms with Gasteiger partial charge in [-0.25, -0.2) is 0 Å². The van der Waals surface area contributed by atoms with Gasteiger partial charge in [0.2, 0.25) is 11.0 Å². The van der Waals surface area contributed by atoms with Crippen LogP contribution in [0.3, 0.4) is 0 Å². The van der Waals surface area contributed by atoms with Crippen LogP contribution in [0.25, 0.3) is 0 Å². The molecule has 6 nitrogen and oxygen atoms in total. The van der Waals surface area contributed by atoms with Gasteiger partial charge in [0.05, 0.1) is 5.75 Å². The molecule has 0 aliphatic heterocycles. The van der Waals surface area contributed by atoms with Gasteiger partial charge in [-0.2, -0.15) is 0 Å². The van der Waals surface area contributed by atoms with Crippen molar-refractivity contribution >= 4 is 34.1 Å². The van der Waals surface area contributed by atoms with Crippen molar-refractivity contribution < 1.29 is 9.53 Å². The maximum atomic E-state index is 11.6. The molecule has 1 aromatic rings. The first kappa shape index (κ1) is 17.2. The van der Waals surface area contributed by atoms with E-state index in [1.807, 2.05) is 0 Å². The number of nitrogens with zero attached hydrogens (tertiary/aromatic N) is 2. The first-order valence-corrected chi connectivity index (χ1v) is 8.52. The third-order valence-electron chi connectivity index (χ3n) is 2.39. The molecule has 0 aliphatic carbocycles. The second kappa shape index (κ2) is 10.9. The number of aromatic nitrogens is 2. The van der Waals surface area contributed by atoms with E-state index in [0.29, 0.717) is 18.9 Å². The zero-order valence-corrected chi connectivity index (χ0v) is 13.6. The molecule has 1 rings (SSSR count). The Bertz CT molecular complexity index is 387. The van der Waals surface area contributed by atoms with Gasteiger partial charge in [-0.1, -0.05) is 36.4 Å². The number of thioether (sulfide) groups is 1. The van der Waals surface area contributed by atoms with Crippen LogP contribution in [0.15, 0.2) is 4.34 Å². The van der Waals surface area contributed by atoms with Gasteiger partial charge in [-0.05, 0) is 12.8 Å². The summed E-state index contributed by atoms with van der Waals surface area (Å²) in [6.07, 6.45) is 3.10. The molecule has 0 spiro atoms. The van der Waals surface area contributed by atoms with Gasteiger partial charge in [0, 0.05) is 26.8 Å². The Hall–Kier alpha value is -0.860. The Balaban J connectivity index is 2.16. The van der Waals surface area contributed by atoms with Crippen LogP contribution in [0, 0.1) is 0 Å². The average molecular weight is 318 g/mol. The molecule has 0 radical (unpaired) electrons. The monoisotopic (exact) mass is 318 g/mol. The van der Waals surface area contributed by atoms with E-state index in [2.05, 4.69) is 27.8 Å². The highest BCUT2D eigenvalue weighted by atomic mass is 32.2. The summed E-state index contributed by atoms with van der Waals surface area (Å²) in [6, 6.07) is 0. The fraction of sp³-hybridized carbons (Fsp3) is 0.750. The quantitative estimate of drug-likeness (QED) is 0.480. The Morgan fingerprint density at radius 1 is 1.35 bits per heavy atom. The highest BCUT2D eigenvalue weighted by Crippen LogP contribution is 2.25. The molecule has 0 aliphatic rings. The predicted molar refractivity (Wildman–Crippen MR) is 83.5 cm³/mol. The molecule has 0 aromatic carbocycles. The van der Waals surface area contributed by atoms with Crippen molar-refractivity contribution in [2.24, 2.45) is 0 Å². The Morgan fingerprint density at radius 3 is 2.95 bits per heavy atom. The standard InChI is InChI=1S/C12H22N4O2S2/c1-3-4-6-14-11-15-16-12(20-11)19-9-10(17)13-7-5-8-18-2/h3-9H2,1-2H3,(H,13,17)(H,14,15). The first-order valence-electron chi connectivity index (χ1n) is 6.72. The van der Waals surface area contributed by atoms with Crippen molar-refractivity contribution in [2.75, 3.05) is 37.9 Å². The molecule has 1 heterocycles. The summed E-state index contributed by atoms with van der Waals surface area (Å²) in [5.41, 5.74) is 0. The molecule has 114 valence electrons. The van der Waals surface area contributed by atoms with Gasteiger partial charge >= 0.3 is 0 Å². The van der Waals surface area contributed by atoms with Gasteiger partial charge in [-0.3, -0.25) is 4.79 Å². The lowest BCUT2D eigenvalue weighted by Gasteiger charge is -2.03. The van der Waals surface area contributed by atoms with E-state index in [4.69, 9.17) is 4.74 Å². The van der Waals surface area contributed by atoms with Crippen LogP contribution in [0.4, 0.5) is 5.13 Å². The van der Waals surface area contributed by atoms with E-state index in [9.17, 15) is 4.79 Å². The minimum Gasteiger partial charge on any atom is -0.385 e. The normalized spacial score (nSPS) is 10.5. The summed E-state index contributed by atoms with van der Waals surface area (Å²) >= 11 is 2.90. The summed E-state index contributed by atoms with van der Waals surface area (Å²) in [7, 11) is 1.65. The number of unbranched alkanes of at least 4 members (excludes halogenated alkanes) is 1. The third kappa shape index (κ3) is 7.66. The van der Waals surface area contributed by atoms with Gasteiger partial charge in [0.25, 0.3) is 0 Å². The van der Waals surface area contributed by atoms with Crippen LogP contribution in [-0.2, 0) is 9.53 Å². The summed E-state index contributed by atoms with van der Waals surface area (Å²) in [5, 5.41) is 15.0.